The van der Waals surface area contributed by atoms with E-state index in [4.69, 9.17) is 9.52 Å². The van der Waals surface area contributed by atoms with Crippen molar-refractivity contribution in [1.82, 2.24) is 5.32 Å². The molecular weight excluding hydrogens is 218 g/mol. The molecule has 0 aromatic carbocycles. The first-order chi connectivity index (χ1) is 7.85. The van der Waals surface area contributed by atoms with E-state index in [9.17, 15) is 4.79 Å². The maximum atomic E-state index is 10.8. The average molecular weight is 239 g/mol. The number of hydrogen-bond donors (Lipinski definition) is 2. The van der Waals surface area contributed by atoms with E-state index in [-0.39, 0.29) is 11.3 Å². The molecule has 0 amide bonds. The summed E-state index contributed by atoms with van der Waals surface area (Å²) in [4.78, 5) is 10.8. The number of rotatable bonds is 6. The highest BCUT2D eigenvalue weighted by Crippen LogP contribution is 2.17. The van der Waals surface area contributed by atoms with Gasteiger partial charge in [0.25, 0.3) is 0 Å². The molecule has 1 rings (SSSR count). The molecule has 0 fully saturated rings. The van der Waals surface area contributed by atoms with Gasteiger partial charge in [-0.05, 0) is 33.3 Å². The number of carbonyl (C=O) groups is 1. The largest absolute Gasteiger partial charge is 0.475 e. The van der Waals surface area contributed by atoms with Gasteiger partial charge in [-0.25, -0.2) is 4.79 Å². The van der Waals surface area contributed by atoms with Crippen molar-refractivity contribution in [2.24, 2.45) is 0 Å². The third-order valence-electron chi connectivity index (χ3n) is 2.78. The maximum absolute atomic E-state index is 10.8. The zero-order valence-electron chi connectivity index (χ0n) is 11.0. The molecule has 0 saturated carbocycles. The Morgan fingerprint density at radius 3 is 2.65 bits per heavy atom. The molecule has 1 heterocycles. The molecule has 0 atom stereocenters. The van der Waals surface area contributed by atoms with Crippen LogP contribution in [0.2, 0.25) is 0 Å². The predicted molar refractivity (Wildman–Crippen MR) is 66.2 cm³/mol. The van der Waals surface area contributed by atoms with Crippen LogP contribution in [0.3, 0.4) is 0 Å². The monoisotopic (exact) mass is 239 g/mol. The molecule has 1 aromatic heterocycles. The smallest absolute Gasteiger partial charge is 0.372 e. The highest BCUT2D eigenvalue weighted by Gasteiger charge is 2.18. The SMILES string of the molecule is CCCC(C)(C)NCc1cc(C)c(C(=O)O)o1. The Morgan fingerprint density at radius 1 is 1.53 bits per heavy atom. The number of carboxylic acid groups (broad SMARTS) is 1. The first kappa shape index (κ1) is 13.8. The number of carboxylic acids is 1. The highest BCUT2D eigenvalue weighted by molar-refractivity contribution is 5.86. The van der Waals surface area contributed by atoms with E-state index in [2.05, 4.69) is 26.1 Å². The Balaban J connectivity index is 2.64. The molecule has 0 aliphatic rings. The first-order valence-electron chi connectivity index (χ1n) is 5.93. The molecule has 0 spiro atoms. The third kappa shape index (κ3) is 3.89. The summed E-state index contributed by atoms with van der Waals surface area (Å²) in [5.74, 6) is -0.305. The summed E-state index contributed by atoms with van der Waals surface area (Å²) in [6.07, 6.45) is 2.18. The van der Waals surface area contributed by atoms with Gasteiger partial charge in [-0.2, -0.15) is 0 Å². The minimum Gasteiger partial charge on any atom is -0.475 e. The summed E-state index contributed by atoms with van der Waals surface area (Å²) in [6.45, 7) is 8.70. The van der Waals surface area contributed by atoms with Crippen LogP contribution in [0.15, 0.2) is 10.5 Å². The van der Waals surface area contributed by atoms with Gasteiger partial charge in [0.05, 0.1) is 6.54 Å². The lowest BCUT2D eigenvalue weighted by atomic mass is 9.99. The standard InChI is InChI=1S/C13H21NO3/c1-5-6-13(3,4)14-8-10-7-9(2)11(17-10)12(15)16/h7,14H,5-6,8H2,1-4H3,(H,15,16). The zero-order chi connectivity index (χ0) is 13.1. The van der Waals surface area contributed by atoms with Gasteiger partial charge in [-0.3, -0.25) is 0 Å². The van der Waals surface area contributed by atoms with E-state index >= 15 is 0 Å². The van der Waals surface area contributed by atoms with Gasteiger partial charge in [-0.15, -0.1) is 0 Å². The van der Waals surface area contributed by atoms with E-state index in [1.165, 1.54) is 0 Å². The molecule has 96 valence electrons. The molecular formula is C13H21NO3. The predicted octanol–water partition coefficient (Wildman–Crippen LogP) is 2.95. The minimum atomic E-state index is -1.01. The second-order valence-corrected chi connectivity index (χ2v) is 5.02. The molecule has 17 heavy (non-hydrogen) atoms. The Bertz CT molecular complexity index is 393. The van der Waals surface area contributed by atoms with Crippen LogP contribution in [0.5, 0.6) is 0 Å². The van der Waals surface area contributed by atoms with Crippen LogP contribution < -0.4 is 5.32 Å². The summed E-state index contributed by atoms with van der Waals surface area (Å²) in [7, 11) is 0. The molecule has 0 unspecified atom stereocenters. The molecule has 0 saturated heterocycles. The van der Waals surface area contributed by atoms with Gasteiger partial charge in [0.1, 0.15) is 5.76 Å². The quantitative estimate of drug-likeness (QED) is 0.801. The number of aromatic carboxylic acids is 1. The molecule has 1 aromatic rings. The number of hydrogen-bond acceptors (Lipinski definition) is 3. The minimum absolute atomic E-state index is 0.0371. The molecule has 4 heteroatoms. The van der Waals surface area contributed by atoms with Crippen molar-refractivity contribution in [3.8, 4) is 0 Å². The lowest BCUT2D eigenvalue weighted by molar-refractivity contribution is 0.0659. The van der Waals surface area contributed by atoms with E-state index in [1.807, 2.05) is 0 Å². The fourth-order valence-corrected chi connectivity index (χ4v) is 1.89. The summed E-state index contributed by atoms with van der Waals surface area (Å²) in [6, 6.07) is 1.78. The Kier molecular flexibility index (Phi) is 4.34. The second kappa shape index (κ2) is 5.36. The molecule has 0 aliphatic heterocycles. The summed E-state index contributed by atoms with van der Waals surface area (Å²) < 4.78 is 5.29. The Hall–Kier alpha value is -1.29. The highest BCUT2D eigenvalue weighted by atomic mass is 16.4. The van der Waals surface area contributed by atoms with Gasteiger partial charge in [0.2, 0.25) is 5.76 Å². The average Bonchev–Trinajstić information content (AvgIpc) is 2.57. The van der Waals surface area contributed by atoms with Crippen molar-refractivity contribution in [3.05, 3.63) is 23.2 Å². The fourth-order valence-electron chi connectivity index (χ4n) is 1.89. The van der Waals surface area contributed by atoms with Crippen molar-refractivity contribution < 1.29 is 14.3 Å². The molecule has 0 aliphatic carbocycles. The maximum Gasteiger partial charge on any atom is 0.372 e. The van der Waals surface area contributed by atoms with Crippen molar-refractivity contribution in [2.75, 3.05) is 0 Å². The van der Waals surface area contributed by atoms with E-state index in [0.29, 0.717) is 17.9 Å². The van der Waals surface area contributed by atoms with Gasteiger partial charge >= 0.3 is 5.97 Å². The summed E-state index contributed by atoms with van der Waals surface area (Å²) in [5.41, 5.74) is 0.710. The van der Waals surface area contributed by atoms with Gasteiger partial charge in [0, 0.05) is 11.1 Å². The lowest BCUT2D eigenvalue weighted by Gasteiger charge is -2.25. The Morgan fingerprint density at radius 2 is 2.18 bits per heavy atom. The lowest BCUT2D eigenvalue weighted by Crippen LogP contribution is -2.38. The van der Waals surface area contributed by atoms with E-state index in [0.717, 1.165) is 12.8 Å². The summed E-state index contributed by atoms with van der Waals surface area (Å²) >= 11 is 0. The van der Waals surface area contributed by atoms with Crippen molar-refractivity contribution in [2.45, 2.75) is 52.6 Å². The van der Waals surface area contributed by atoms with Gasteiger partial charge in [0.15, 0.2) is 0 Å². The van der Waals surface area contributed by atoms with Crippen LogP contribution in [0.4, 0.5) is 0 Å². The van der Waals surface area contributed by atoms with Crippen LogP contribution in [0, 0.1) is 6.92 Å². The topological polar surface area (TPSA) is 62.5 Å². The fraction of sp³-hybridized carbons (Fsp3) is 0.615. The van der Waals surface area contributed by atoms with Crippen LogP contribution in [0.1, 0.15) is 55.5 Å². The number of aryl methyl sites for hydroxylation is 1. The van der Waals surface area contributed by atoms with Crippen molar-refractivity contribution in [1.29, 1.82) is 0 Å². The van der Waals surface area contributed by atoms with Gasteiger partial charge in [-0.1, -0.05) is 13.3 Å². The molecule has 0 radical (unpaired) electrons. The van der Waals surface area contributed by atoms with E-state index in [1.54, 1.807) is 13.0 Å². The summed E-state index contributed by atoms with van der Waals surface area (Å²) in [5, 5.41) is 12.2. The first-order valence-corrected chi connectivity index (χ1v) is 5.93. The second-order valence-electron chi connectivity index (χ2n) is 5.02. The van der Waals surface area contributed by atoms with Crippen LogP contribution in [0.25, 0.3) is 0 Å². The Labute approximate surface area is 102 Å². The van der Waals surface area contributed by atoms with Crippen molar-refractivity contribution in [3.63, 3.8) is 0 Å². The van der Waals surface area contributed by atoms with Crippen LogP contribution in [-0.2, 0) is 6.54 Å². The van der Waals surface area contributed by atoms with Crippen LogP contribution in [-0.4, -0.2) is 16.6 Å². The zero-order valence-corrected chi connectivity index (χ0v) is 11.0. The molecule has 4 nitrogen and oxygen atoms in total. The number of nitrogens with one attached hydrogen (secondary N) is 1. The third-order valence-corrected chi connectivity index (χ3v) is 2.78. The van der Waals surface area contributed by atoms with E-state index < -0.39 is 5.97 Å². The molecule has 0 bridgehead atoms. The van der Waals surface area contributed by atoms with Crippen LogP contribution >= 0.6 is 0 Å². The number of furan rings is 1. The van der Waals surface area contributed by atoms with Crippen molar-refractivity contribution >= 4 is 5.97 Å². The molecule has 2 N–H and O–H groups in total. The normalized spacial score (nSPS) is 11.8. The van der Waals surface area contributed by atoms with Gasteiger partial charge < -0.3 is 14.8 Å².